The van der Waals surface area contributed by atoms with Gasteiger partial charge in [-0.05, 0) is 63.6 Å². The van der Waals surface area contributed by atoms with Crippen LogP contribution in [0.4, 0.5) is 0 Å². The number of nitrogens with zero attached hydrogens (tertiary/aromatic N) is 1. The third-order valence-corrected chi connectivity index (χ3v) is 4.74. The van der Waals surface area contributed by atoms with E-state index in [1.807, 2.05) is 0 Å². The summed E-state index contributed by atoms with van der Waals surface area (Å²) in [6, 6.07) is 0.786. The van der Waals surface area contributed by atoms with E-state index in [0.29, 0.717) is 5.41 Å². The van der Waals surface area contributed by atoms with Gasteiger partial charge in [0.05, 0.1) is 0 Å². The van der Waals surface area contributed by atoms with Crippen molar-refractivity contribution in [1.29, 1.82) is 0 Å². The van der Waals surface area contributed by atoms with Crippen LogP contribution in [0.2, 0.25) is 0 Å². The summed E-state index contributed by atoms with van der Waals surface area (Å²) in [5.74, 6) is 0. The van der Waals surface area contributed by atoms with E-state index < -0.39 is 0 Å². The largest absolute Gasteiger partial charge is 0.313 e. The molecule has 2 nitrogen and oxygen atoms in total. The molecule has 0 spiro atoms. The van der Waals surface area contributed by atoms with Crippen LogP contribution in [0, 0.1) is 5.41 Å². The molecule has 0 aromatic heterocycles. The van der Waals surface area contributed by atoms with E-state index in [1.54, 1.807) is 0 Å². The van der Waals surface area contributed by atoms with Gasteiger partial charge in [0, 0.05) is 12.6 Å². The Morgan fingerprint density at radius 3 is 2.65 bits per heavy atom. The molecule has 2 aliphatic rings. The lowest BCUT2D eigenvalue weighted by atomic mass is 9.70. The van der Waals surface area contributed by atoms with Crippen LogP contribution in [0.3, 0.4) is 0 Å². The molecule has 1 atom stereocenters. The molecule has 2 rings (SSSR count). The third-order valence-electron chi connectivity index (χ3n) is 4.74. The van der Waals surface area contributed by atoms with Gasteiger partial charge in [0.2, 0.25) is 0 Å². The van der Waals surface area contributed by atoms with E-state index in [0.717, 1.165) is 6.04 Å². The van der Waals surface area contributed by atoms with E-state index in [-0.39, 0.29) is 0 Å². The molecule has 0 radical (unpaired) electrons. The maximum Gasteiger partial charge on any atom is 0.00799 e. The first-order valence-corrected chi connectivity index (χ1v) is 7.68. The van der Waals surface area contributed by atoms with Crippen LogP contribution in [-0.2, 0) is 0 Å². The van der Waals surface area contributed by atoms with Crippen molar-refractivity contribution in [2.24, 2.45) is 5.41 Å². The molecular formula is C15H30N2. The molecule has 1 aliphatic heterocycles. The van der Waals surface area contributed by atoms with Crippen LogP contribution in [0.5, 0.6) is 0 Å². The highest BCUT2D eigenvalue weighted by Crippen LogP contribution is 2.39. The van der Waals surface area contributed by atoms with E-state index in [1.165, 1.54) is 71.1 Å². The fourth-order valence-corrected chi connectivity index (χ4v) is 3.25. The smallest absolute Gasteiger partial charge is 0.00799 e. The number of nitrogens with one attached hydrogen (secondary N) is 1. The summed E-state index contributed by atoms with van der Waals surface area (Å²) in [6.07, 6.45) is 9.76. The SMILES string of the molecule is CCCN1CCCC(NCC2(C)CCC2)CC1. The summed E-state index contributed by atoms with van der Waals surface area (Å²) < 4.78 is 0. The second-order valence-corrected chi connectivity index (χ2v) is 6.51. The molecular weight excluding hydrogens is 208 g/mol. The average molecular weight is 238 g/mol. The zero-order valence-electron chi connectivity index (χ0n) is 11.8. The molecule has 1 saturated heterocycles. The van der Waals surface area contributed by atoms with Crippen molar-refractivity contribution in [3.05, 3.63) is 0 Å². The minimum atomic E-state index is 0.634. The second-order valence-electron chi connectivity index (χ2n) is 6.51. The molecule has 100 valence electrons. The average Bonchev–Trinajstić information content (AvgIpc) is 2.50. The summed E-state index contributed by atoms with van der Waals surface area (Å²) in [4.78, 5) is 2.65. The Hall–Kier alpha value is -0.0800. The van der Waals surface area contributed by atoms with Gasteiger partial charge >= 0.3 is 0 Å². The first kappa shape index (κ1) is 13.4. The fourth-order valence-electron chi connectivity index (χ4n) is 3.25. The highest BCUT2D eigenvalue weighted by Gasteiger charge is 2.32. The molecule has 2 heteroatoms. The Morgan fingerprint density at radius 1 is 1.18 bits per heavy atom. The summed E-state index contributed by atoms with van der Waals surface area (Å²) in [5.41, 5.74) is 0.634. The minimum absolute atomic E-state index is 0.634. The standard InChI is InChI=1S/C15H30N2/c1-3-10-17-11-4-6-14(7-12-17)16-13-15(2)8-5-9-15/h14,16H,3-13H2,1-2H3. The van der Waals surface area contributed by atoms with Crippen molar-refractivity contribution in [3.8, 4) is 0 Å². The molecule has 1 aliphatic carbocycles. The predicted octanol–water partition coefficient (Wildman–Crippen LogP) is 3.03. The van der Waals surface area contributed by atoms with E-state index in [9.17, 15) is 0 Å². The highest BCUT2D eigenvalue weighted by molar-refractivity contribution is 4.87. The van der Waals surface area contributed by atoms with Crippen LogP contribution in [0.1, 0.15) is 58.8 Å². The quantitative estimate of drug-likeness (QED) is 0.792. The van der Waals surface area contributed by atoms with Gasteiger partial charge in [0.25, 0.3) is 0 Å². The molecule has 2 fully saturated rings. The zero-order chi connectivity index (χ0) is 12.1. The lowest BCUT2D eigenvalue weighted by Crippen LogP contribution is -2.42. The van der Waals surface area contributed by atoms with Crippen molar-refractivity contribution in [3.63, 3.8) is 0 Å². The fraction of sp³-hybridized carbons (Fsp3) is 1.00. The van der Waals surface area contributed by atoms with Crippen LogP contribution >= 0.6 is 0 Å². The molecule has 1 saturated carbocycles. The van der Waals surface area contributed by atoms with E-state index in [2.05, 4.69) is 24.1 Å². The molecule has 0 aromatic carbocycles. The first-order chi connectivity index (χ1) is 8.22. The van der Waals surface area contributed by atoms with Gasteiger partial charge in [-0.1, -0.05) is 20.3 Å². The number of hydrogen-bond donors (Lipinski definition) is 1. The minimum Gasteiger partial charge on any atom is -0.313 e. The third kappa shape index (κ3) is 3.96. The van der Waals surface area contributed by atoms with E-state index >= 15 is 0 Å². The zero-order valence-corrected chi connectivity index (χ0v) is 11.8. The van der Waals surface area contributed by atoms with Crippen LogP contribution in [-0.4, -0.2) is 37.1 Å². The summed E-state index contributed by atoms with van der Waals surface area (Å²) in [5, 5.41) is 3.84. The normalized spacial score (nSPS) is 29.6. The molecule has 0 bridgehead atoms. The molecule has 0 aromatic rings. The van der Waals surface area contributed by atoms with Crippen molar-refractivity contribution in [1.82, 2.24) is 10.2 Å². The van der Waals surface area contributed by atoms with E-state index in [4.69, 9.17) is 0 Å². The Balaban J connectivity index is 1.67. The van der Waals surface area contributed by atoms with Gasteiger partial charge in [-0.25, -0.2) is 0 Å². The Labute approximate surface area is 107 Å². The molecule has 1 N–H and O–H groups in total. The summed E-state index contributed by atoms with van der Waals surface area (Å²) >= 11 is 0. The monoisotopic (exact) mass is 238 g/mol. The summed E-state index contributed by atoms with van der Waals surface area (Å²) in [7, 11) is 0. The van der Waals surface area contributed by atoms with Crippen LogP contribution in [0.15, 0.2) is 0 Å². The molecule has 1 unspecified atom stereocenters. The summed E-state index contributed by atoms with van der Waals surface area (Å²) in [6.45, 7) is 9.92. The van der Waals surface area contributed by atoms with Gasteiger partial charge in [-0.15, -0.1) is 0 Å². The lowest BCUT2D eigenvalue weighted by molar-refractivity contribution is 0.149. The van der Waals surface area contributed by atoms with Crippen LogP contribution < -0.4 is 5.32 Å². The Morgan fingerprint density at radius 2 is 2.00 bits per heavy atom. The van der Waals surface area contributed by atoms with Gasteiger partial charge < -0.3 is 10.2 Å². The number of likely N-dealkylation sites (tertiary alicyclic amines) is 1. The molecule has 17 heavy (non-hydrogen) atoms. The van der Waals surface area contributed by atoms with Crippen molar-refractivity contribution in [2.75, 3.05) is 26.2 Å². The Kier molecular flexibility index (Phi) is 4.87. The topological polar surface area (TPSA) is 15.3 Å². The van der Waals surface area contributed by atoms with Crippen molar-refractivity contribution >= 4 is 0 Å². The highest BCUT2D eigenvalue weighted by atomic mass is 15.1. The predicted molar refractivity (Wildman–Crippen MR) is 74.3 cm³/mol. The van der Waals surface area contributed by atoms with Crippen molar-refractivity contribution < 1.29 is 0 Å². The van der Waals surface area contributed by atoms with Gasteiger partial charge in [-0.2, -0.15) is 0 Å². The Bertz CT molecular complexity index is 223. The maximum atomic E-state index is 3.84. The van der Waals surface area contributed by atoms with Gasteiger partial charge in [0.15, 0.2) is 0 Å². The lowest BCUT2D eigenvalue weighted by Gasteiger charge is -2.39. The van der Waals surface area contributed by atoms with Gasteiger partial charge in [-0.3, -0.25) is 0 Å². The number of rotatable bonds is 5. The van der Waals surface area contributed by atoms with Crippen LogP contribution in [0.25, 0.3) is 0 Å². The molecule has 0 amide bonds. The number of hydrogen-bond acceptors (Lipinski definition) is 2. The van der Waals surface area contributed by atoms with Crippen molar-refractivity contribution in [2.45, 2.75) is 64.8 Å². The second kappa shape index (κ2) is 6.19. The first-order valence-electron chi connectivity index (χ1n) is 7.68. The van der Waals surface area contributed by atoms with Gasteiger partial charge in [0.1, 0.15) is 0 Å². The molecule has 1 heterocycles. The maximum absolute atomic E-state index is 3.84.